The first-order valence-corrected chi connectivity index (χ1v) is 6.99. The lowest BCUT2D eigenvalue weighted by Gasteiger charge is -2.29. The largest absolute Gasteiger partial charge is 0.444 e. The summed E-state index contributed by atoms with van der Waals surface area (Å²) >= 11 is 0. The van der Waals surface area contributed by atoms with Gasteiger partial charge in [-0.15, -0.1) is 0 Å². The standard InChI is InChI=1S/C15H21N3O3/c1-15(2,3)21-14(20)18-8-5-11(6-9-18)13-16-7-4-12(10-19)17-13/h4-5,7,19H,6,8-10H2,1-3H3. The van der Waals surface area contributed by atoms with Crippen molar-refractivity contribution in [1.82, 2.24) is 14.9 Å². The van der Waals surface area contributed by atoms with E-state index in [-0.39, 0.29) is 12.7 Å². The number of aliphatic hydroxyl groups excluding tert-OH is 1. The lowest BCUT2D eigenvalue weighted by atomic mass is 10.1. The van der Waals surface area contributed by atoms with Gasteiger partial charge >= 0.3 is 6.09 Å². The molecule has 1 aromatic rings. The number of aromatic nitrogens is 2. The van der Waals surface area contributed by atoms with Crippen LogP contribution in [0.4, 0.5) is 4.79 Å². The summed E-state index contributed by atoms with van der Waals surface area (Å²) in [5.41, 5.74) is 1.10. The molecule has 0 spiro atoms. The predicted octanol–water partition coefficient (Wildman–Crippen LogP) is 1.99. The minimum atomic E-state index is -0.486. The average molecular weight is 291 g/mol. The Morgan fingerprint density at radius 2 is 2.24 bits per heavy atom. The second-order valence-electron chi connectivity index (χ2n) is 5.94. The molecule has 0 aromatic carbocycles. The molecule has 6 heteroatoms. The van der Waals surface area contributed by atoms with Crippen LogP contribution in [0.2, 0.25) is 0 Å². The van der Waals surface area contributed by atoms with Gasteiger partial charge in [0.2, 0.25) is 0 Å². The fourth-order valence-electron chi connectivity index (χ4n) is 2.00. The Hall–Kier alpha value is -1.95. The van der Waals surface area contributed by atoms with Crippen LogP contribution in [0.3, 0.4) is 0 Å². The summed E-state index contributed by atoms with van der Waals surface area (Å²) in [5.74, 6) is 0.616. The number of hydrogen-bond donors (Lipinski definition) is 1. The van der Waals surface area contributed by atoms with Crippen molar-refractivity contribution in [2.24, 2.45) is 0 Å². The Kier molecular flexibility index (Phi) is 4.57. The summed E-state index contributed by atoms with van der Waals surface area (Å²) in [4.78, 5) is 22.1. The van der Waals surface area contributed by atoms with Crippen molar-refractivity contribution in [2.45, 2.75) is 39.4 Å². The zero-order valence-corrected chi connectivity index (χ0v) is 12.7. The molecule has 2 rings (SSSR count). The molecule has 114 valence electrons. The third-order valence-corrected chi connectivity index (χ3v) is 3.02. The van der Waals surface area contributed by atoms with Crippen LogP contribution in [0.1, 0.15) is 38.7 Å². The van der Waals surface area contributed by atoms with Crippen LogP contribution in [-0.2, 0) is 11.3 Å². The van der Waals surface area contributed by atoms with Gasteiger partial charge in [0.25, 0.3) is 0 Å². The van der Waals surface area contributed by atoms with E-state index in [2.05, 4.69) is 9.97 Å². The molecule has 0 saturated heterocycles. The first-order chi connectivity index (χ1) is 9.89. The van der Waals surface area contributed by atoms with Crippen LogP contribution in [0.15, 0.2) is 18.3 Å². The zero-order chi connectivity index (χ0) is 15.5. The Bertz CT molecular complexity index is 549. The third kappa shape index (κ3) is 4.26. The first kappa shape index (κ1) is 15.4. The van der Waals surface area contributed by atoms with Gasteiger partial charge in [-0.2, -0.15) is 0 Å². The average Bonchev–Trinajstić information content (AvgIpc) is 2.46. The highest BCUT2D eigenvalue weighted by Crippen LogP contribution is 2.21. The van der Waals surface area contributed by atoms with E-state index in [1.54, 1.807) is 17.2 Å². The number of rotatable bonds is 2. The van der Waals surface area contributed by atoms with Gasteiger partial charge in [-0.3, -0.25) is 0 Å². The minimum Gasteiger partial charge on any atom is -0.444 e. The van der Waals surface area contributed by atoms with Gasteiger partial charge < -0.3 is 14.7 Å². The van der Waals surface area contributed by atoms with E-state index in [9.17, 15) is 4.79 Å². The van der Waals surface area contributed by atoms with E-state index in [1.807, 2.05) is 26.8 Å². The van der Waals surface area contributed by atoms with Gasteiger partial charge in [0.05, 0.1) is 12.3 Å². The molecule has 0 atom stereocenters. The van der Waals surface area contributed by atoms with Gasteiger partial charge in [-0.25, -0.2) is 14.8 Å². The van der Waals surface area contributed by atoms with E-state index in [0.717, 1.165) is 5.57 Å². The fourth-order valence-corrected chi connectivity index (χ4v) is 2.00. The monoisotopic (exact) mass is 291 g/mol. The maximum Gasteiger partial charge on any atom is 0.410 e. The summed E-state index contributed by atoms with van der Waals surface area (Å²) in [6.07, 6.45) is 3.94. The topological polar surface area (TPSA) is 75.5 Å². The summed E-state index contributed by atoms with van der Waals surface area (Å²) in [6.45, 7) is 6.51. The van der Waals surface area contributed by atoms with Crippen LogP contribution in [-0.4, -0.2) is 44.8 Å². The molecule has 0 radical (unpaired) electrons. The fraction of sp³-hybridized carbons (Fsp3) is 0.533. The molecular weight excluding hydrogens is 270 g/mol. The molecule has 0 bridgehead atoms. The number of carbonyl (C=O) groups is 1. The van der Waals surface area contributed by atoms with Crippen molar-refractivity contribution < 1.29 is 14.6 Å². The molecule has 1 aliphatic heterocycles. The smallest absolute Gasteiger partial charge is 0.410 e. The van der Waals surface area contributed by atoms with Crippen molar-refractivity contribution in [3.8, 4) is 0 Å². The van der Waals surface area contributed by atoms with Crippen LogP contribution in [0, 0.1) is 0 Å². The van der Waals surface area contributed by atoms with E-state index >= 15 is 0 Å². The molecule has 1 aromatic heterocycles. The Balaban J connectivity index is 2.03. The number of ether oxygens (including phenoxy) is 1. The van der Waals surface area contributed by atoms with E-state index in [1.165, 1.54) is 0 Å². The lowest BCUT2D eigenvalue weighted by molar-refractivity contribution is 0.0270. The van der Waals surface area contributed by atoms with E-state index in [0.29, 0.717) is 31.0 Å². The number of aliphatic hydroxyl groups is 1. The van der Waals surface area contributed by atoms with Crippen molar-refractivity contribution in [3.05, 3.63) is 29.9 Å². The van der Waals surface area contributed by atoms with E-state index in [4.69, 9.17) is 9.84 Å². The van der Waals surface area contributed by atoms with Crippen molar-refractivity contribution in [3.63, 3.8) is 0 Å². The van der Waals surface area contributed by atoms with Crippen LogP contribution in [0.25, 0.3) is 5.57 Å². The molecule has 1 amide bonds. The lowest BCUT2D eigenvalue weighted by Crippen LogP contribution is -2.39. The van der Waals surface area contributed by atoms with Crippen LogP contribution >= 0.6 is 0 Å². The quantitative estimate of drug-likeness (QED) is 0.902. The Labute approximate surface area is 124 Å². The van der Waals surface area contributed by atoms with Crippen molar-refractivity contribution >= 4 is 11.7 Å². The SMILES string of the molecule is CC(C)(C)OC(=O)N1CC=C(c2nccc(CO)n2)CC1. The van der Waals surface area contributed by atoms with E-state index < -0.39 is 5.60 Å². The Morgan fingerprint density at radius 3 is 2.81 bits per heavy atom. The minimum absolute atomic E-state index is 0.104. The maximum atomic E-state index is 12.0. The highest BCUT2D eigenvalue weighted by atomic mass is 16.6. The van der Waals surface area contributed by atoms with Crippen LogP contribution in [0.5, 0.6) is 0 Å². The molecule has 0 unspecified atom stereocenters. The third-order valence-electron chi connectivity index (χ3n) is 3.02. The van der Waals surface area contributed by atoms with Crippen LogP contribution < -0.4 is 0 Å². The molecule has 0 saturated carbocycles. The Morgan fingerprint density at radius 1 is 1.48 bits per heavy atom. The zero-order valence-electron chi connectivity index (χ0n) is 12.7. The summed E-state index contributed by atoms with van der Waals surface area (Å²) in [7, 11) is 0. The molecule has 0 fully saturated rings. The summed E-state index contributed by atoms with van der Waals surface area (Å²) in [6, 6.07) is 1.68. The number of amides is 1. The second kappa shape index (κ2) is 6.22. The summed E-state index contributed by atoms with van der Waals surface area (Å²) in [5, 5.41) is 9.10. The van der Waals surface area contributed by atoms with Gasteiger partial charge in [-0.05, 0) is 38.8 Å². The highest BCUT2D eigenvalue weighted by Gasteiger charge is 2.24. The number of hydrogen-bond acceptors (Lipinski definition) is 5. The molecule has 1 N–H and O–H groups in total. The molecule has 2 heterocycles. The van der Waals surface area contributed by atoms with Gasteiger partial charge in [0.1, 0.15) is 5.60 Å². The van der Waals surface area contributed by atoms with Gasteiger partial charge in [0.15, 0.2) is 5.82 Å². The van der Waals surface area contributed by atoms with Gasteiger partial charge in [-0.1, -0.05) is 6.08 Å². The second-order valence-corrected chi connectivity index (χ2v) is 5.94. The molecule has 21 heavy (non-hydrogen) atoms. The molecular formula is C15H21N3O3. The van der Waals surface area contributed by atoms with Crippen molar-refractivity contribution in [1.29, 1.82) is 0 Å². The molecule has 1 aliphatic rings. The van der Waals surface area contributed by atoms with Crippen molar-refractivity contribution in [2.75, 3.05) is 13.1 Å². The number of nitrogens with zero attached hydrogens (tertiary/aromatic N) is 3. The number of carbonyl (C=O) groups excluding carboxylic acids is 1. The highest BCUT2D eigenvalue weighted by molar-refractivity contribution is 5.71. The molecule has 6 nitrogen and oxygen atoms in total. The summed E-state index contributed by atoms with van der Waals surface area (Å²) < 4.78 is 5.35. The van der Waals surface area contributed by atoms with Gasteiger partial charge in [0, 0.05) is 19.3 Å². The predicted molar refractivity (Wildman–Crippen MR) is 78.4 cm³/mol. The maximum absolute atomic E-state index is 12.0. The molecule has 0 aliphatic carbocycles. The first-order valence-electron chi connectivity index (χ1n) is 6.99. The normalized spacial score (nSPS) is 15.6.